The molecule has 0 atom stereocenters. The van der Waals surface area contributed by atoms with Crippen LogP contribution in [0.25, 0.3) is 0 Å². The Hall–Kier alpha value is -1.25. The van der Waals surface area contributed by atoms with Crippen LogP contribution in [-0.2, 0) is 0 Å². The van der Waals surface area contributed by atoms with E-state index in [4.69, 9.17) is 5.73 Å². The Balaban J connectivity index is 5.82. The van der Waals surface area contributed by atoms with Gasteiger partial charge in [0.15, 0.2) is 5.11 Å². The van der Waals surface area contributed by atoms with Gasteiger partial charge in [0.1, 0.15) is 11.4 Å². The molecule has 0 aliphatic carbocycles. The smallest absolute Gasteiger partial charge is 0.376 e. The van der Waals surface area contributed by atoms with E-state index in [1.807, 2.05) is 0 Å². The predicted molar refractivity (Wildman–Crippen MR) is 58.2 cm³/mol. The van der Waals surface area contributed by atoms with E-state index >= 15 is 0 Å². The van der Waals surface area contributed by atoms with Crippen LogP contribution in [0.1, 0.15) is 13.8 Å². The number of alkyl halides is 6. The van der Waals surface area contributed by atoms with Crippen molar-refractivity contribution in [2.45, 2.75) is 26.2 Å². The maximum atomic E-state index is 12.6. The number of allylic oxidation sites excluding steroid dienone is 4. The third kappa shape index (κ3) is 3.90. The Kier molecular flexibility index (Phi) is 5.21. The molecule has 0 radical (unpaired) electrons. The lowest BCUT2D eigenvalue weighted by Gasteiger charge is -2.30. The van der Waals surface area contributed by atoms with Gasteiger partial charge in [-0.15, -0.1) is 0 Å². The zero-order valence-electron chi connectivity index (χ0n) is 9.36. The van der Waals surface area contributed by atoms with Crippen LogP contribution < -0.4 is 5.73 Å². The maximum Gasteiger partial charge on any atom is 0.431 e. The first-order valence-electron chi connectivity index (χ1n) is 4.53. The summed E-state index contributed by atoms with van der Waals surface area (Å²) in [5, 5.41) is -1.04. The summed E-state index contributed by atoms with van der Waals surface area (Å²) in [6, 6.07) is 0. The van der Waals surface area contributed by atoms with E-state index < -0.39 is 28.9 Å². The summed E-state index contributed by atoms with van der Waals surface area (Å²) in [5.41, 5.74) is 1.79. The van der Waals surface area contributed by atoms with Crippen molar-refractivity contribution >= 4 is 17.3 Å². The van der Waals surface area contributed by atoms with Crippen molar-refractivity contribution in [1.29, 1.82) is 0 Å². The molecule has 104 valence electrons. The lowest BCUT2D eigenvalue weighted by molar-refractivity contribution is -0.124. The molecular weight excluding hydrogens is 282 g/mol. The van der Waals surface area contributed by atoms with Crippen LogP contribution in [0.15, 0.2) is 23.5 Å². The lowest BCUT2D eigenvalue weighted by Crippen LogP contribution is -2.43. The van der Waals surface area contributed by atoms with Crippen LogP contribution in [0.3, 0.4) is 0 Å². The average molecular weight is 292 g/mol. The van der Waals surface area contributed by atoms with Crippen molar-refractivity contribution in [3.63, 3.8) is 0 Å². The zero-order valence-corrected chi connectivity index (χ0v) is 10.2. The molecule has 9 heteroatoms. The van der Waals surface area contributed by atoms with Crippen LogP contribution >= 0.6 is 12.2 Å². The molecule has 18 heavy (non-hydrogen) atoms. The maximum absolute atomic E-state index is 12.6. The molecule has 0 saturated heterocycles. The van der Waals surface area contributed by atoms with E-state index in [2.05, 4.69) is 12.2 Å². The van der Waals surface area contributed by atoms with Crippen LogP contribution in [0.5, 0.6) is 0 Å². The Morgan fingerprint density at radius 3 is 1.33 bits per heavy atom. The first kappa shape index (κ1) is 16.8. The van der Waals surface area contributed by atoms with Crippen LogP contribution in [0.4, 0.5) is 26.3 Å². The highest BCUT2D eigenvalue weighted by Crippen LogP contribution is 2.36. The average Bonchev–Trinajstić information content (AvgIpc) is 2.13. The van der Waals surface area contributed by atoms with Gasteiger partial charge in [-0.3, -0.25) is 4.90 Å². The molecule has 0 amide bonds. The Bertz CT molecular complexity index is 349. The van der Waals surface area contributed by atoms with E-state index in [9.17, 15) is 26.3 Å². The van der Waals surface area contributed by atoms with E-state index in [1.165, 1.54) is 0 Å². The van der Waals surface area contributed by atoms with Gasteiger partial charge in [-0.25, -0.2) is 0 Å². The Labute approximate surface area is 105 Å². The zero-order chi connectivity index (χ0) is 14.7. The summed E-state index contributed by atoms with van der Waals surface area (Å²) >= 11 is 4.26. The van der Waals surface area contributed by atoms with Crippen molar-refractivity contribution in [1.82, 2.24) is 4.90 Å². The fraction of sp³-hybridized carbons (Fsp3) is 0.444. The number of nitrogens with two attached hydrogens (primary N) is 1. The summed E-state index contributed by atoms with van der Waals surface area (Å²) in [5.74, 6) is 0. The van der Waals surface area contributed by atoms with E-state index in [0.717, 1.165) is 13.8 Å². The van der Waals surface area contributed by atoms with Gasteiger partial charge in [-0.1, -0.05) is 12.2 Å². The molecule has 0 saturated carbocycles. The molecule has 0 heterocycles. The first-order chi connectivity index (χ1) is 7.96. The standard InChI is InChI=1S/C9H10F6N2S/c1-3-5(8(10,11)12)17(7(16)18)6(4-2)9(13,14)15/h3-4H,1-2H3,(H2,16,18). The minimum Gasteiger partial charge on any atom is -0.376 e. The third-order valence-corrected chi connectivity index (χ3v) is 2.01. The van der Waals surface area contributed by atoms with Crippen LogP contribution in [0, 0.1) is 0 Å². The Morgan fingerprint density at radius 1 is 0.944 bits per heavy atom. The highest BCUT2D eigenvalue weighted by atomic mass is 32.1. The van der Waals surface area contributed by atoms with Gasteiger partial charge in [-0.2, -0.15) is 26.3 Å². The van der Waals surface area contributed by atoms with Crippen LogP contribution in [-0.4, -0.2) is 22.4 Å². The van der Waals surface area contributed by atoms with Gasteiger partial charge >= 0.3 is 12.4 Å². The molecule has 0 bridgehead atoms. The first-order valence-corrected chi connectivity index (χ1v) is 4.94. The summed E-state index contributed by atoms with van der Waals surface area (Å²) in [6.07, 6.45) is -9.07. The minimum absolute atomic E-state index is 0.241. The van der Waals surface area contributed by atoms with Crippen molar-refractivity contribution in [2.24, 2.45) is 5.73 Å². The van der Waals surface area contributed by atoms with E-state index in [-0.39, 0.29) is 4.90 Å². The minimum atomic E-state index is -5.00. The molecule has 0 aliphatic heterocycles. The number of rotatable bonds is 2. The Morgan fingerprint density at radius 2 is 1.22 bits per heavy atom. The quantitative estimate of drug-likeness (QED) is 0.624. The number of thiocarbonyl (C=S) groups is 1. The summed E-state index contributed by atoms with van der Waals surface area (Å²) in [6.45, 7) is 1.88. The summed E-state index contributed by atoms with van der Waals surface area (Å²) < 4.78 is 75.6. The van der Waals surface area contributed by atoms with E-state index in [1.54, 1.807) is 0 Å². The number of nitrogens with zero attached hydrogens (tertiary/aromatic N) is 1. The highest BCUT2D eigenvalue weighted by molar-refractivity contribution is 7.80. The fourth-order valence-corrected chi connectivity index (χ4v) is 1.40. The third-order valence-electron chi connectivity index (χ3n) is 1.83. The van der Waals surface area contributed by atoms with Crippen molar-refractivity contribution in [2.75, 3.05) is 0 Å². The second-order valence-electron chi connectivity index (χ2n) is 3.02. The second kappa shape index (κ2) is 5.59. The second-order valence-corrected chi connectivity index (χ2v) is 3.44. The van der Waals surface area contributed by atoms with Crippen molar-refractivity contribution < 1.29 is 26.3 Å². The predicted octanol–water partition coefficient (Wildman–Crippen LogP) is 3.46. The van der Waals surface area contributed by atoms with Gasteiger partial charge in [0.05, 0.1) is 0 Å². The van der Waals surface area contributed by atoms with Crippen molar-refractivity contribution in [3.8, 4) is 0 Å². The normalized spacial score (nSPS) is 14.7. The fourth-order valence-electron chi connectivity index (χ4n) is 1.21. The highest BCUT2D eigenvalue weighted by Gasteiger charge is 2.46. The summed E-state index contributed by atoms with van der Waals surface area (Å²) in [7, 11) is 0. The molecule has 2 nitrogen and oxygen atoms in total. The molecule has 0 aliphatic rings. The largest absolute Gasteiger partial charge is 0.431 e. The lowest BCUT2D eigenvalue weighted by atomic mass is 10.2. The number of halogens is 6. The molecule has 0 aromatic heterocycles. The van der Waals surface area contributed by atoms with Gasteiger partial charge < -0.3 is 5.73 Å². The monoisotopic (exact) mass is 292 g/mol. The van der Waals surface area contributed by atoms with Gasteiger partial charge in [0.25, 0.3) is 0 Å². The van der Waals surface area contributed by atoms with Gasteiger partial charge in [0.2, 0.25) is 0 Å². The summed E-state index contributed by atoms with van der Waals surface area (Å²) in [4.78, 5) is -0.241. The number of hydrogen-bond acceptors (Lipinski definition) is 1. The molecular formula is C9H10F6N2S. The van der Waals surface area contributed by atoms with E-state index in [0.29, 0.717) is 12.2 Å². The molecule has 0 spiro atoms. The number of hydrogen-bond donors (Lipinski definition) is 1. The van der Waals surface area contributed by atoms with Gasteiger partial charge in [0, 0.05) is 0 Å². The van der Waals surface area contributed by atoms with Crippen LogP contribution in [0.2, 0.25) is 0 Å². The van der Waals surface area contributed by atoms with Crippen molar-refractivity contribution in [3.05, 3.63) is 23.5 Å². The molecule has 2 N–H and O–H groups in total. The van der Waals surface area contributed by atoms with Gasteiger partial charge in [-0.05, 0) is 26.1 Å². The molecule has 0 aromatic carbocycles. The molecule has 0 rings (SSSR count). The SMILES string of the molecule is CC=C(N(C(N)=S)C(=CC)C(F)(F)F)C(F)(F)F. The topological polar surface area (TPSA) is 29.3 Å². The molecule has 0 unspecified atom stereocenters. The molecule has 0 fully saturated rings. The molecule has 0 aromatic rings.